The van der Waals surface area contributed by atoms with Crippen LogP contribution in [0.25, 0.3) is 0 Å². The molecule has 1 heterocycles. The second-order valence-electron chi connectivity index (χ2n) is 3.10. The van der Waals surface area contributed by atoms with Crippen LogP contribution in [0.4, 0.5) is 0 Å². The van der Waals surface area contributed by atoms with Crippen molar-refractivity contribution in [2.24, 2.45) is 5.73 Å². The lowest BCUT2D eigenvalue weighted by Gasteiger charge is -2.08. The third kappa shape index (κ3) is 3.15. The Bertz CT molecular complexity index is 349. The summed E-state index contributed by atoms with van der Waals surface area (Å²) in [6.45, 7) is 3.70. The highest BCUT2D eigenvalue weighted by Crippen LogP contribution is 2.12. The van der Waals surface area contributed by atoms with Crippen LogP contribution in [-0.4, -0.2) is 9.97 Å². The molecule has 0 aliphatic carbocycles. The van der Waals surface area contributed by atoms with Crippen molar-refractivity contribution in [3.8, 4) is 11.8 Å². The summed E-state index contributed by atoms with van der Waals surface area (Å²) >= 11 is 0. The molecule has 3 heteroatoms. The smallest absolute Gasteiger partial charge is 0.125 e. The van der Waals surface area contributed by atoms with Crippen LogP contribution in [0.1, 0.15) is 37.3 Å². The van der Waals surface area contributed by atoms with Gasteiger partial charge in [-0.15, -0.1) is 11.8 Å². The molecule has 0 fully saturated rings. The number of aryl methyl sites for hydroxylation is 1. The summed E-state index contributed by atoms with van der Waals surface area (Å²) in [6, 6.07) is 1.83. The lowest BCUT2D eigenvalue weighted by atomic mass is 10.1. The predicted octanol–water partition coefficient (Wildman–Crippen LogP) is 1.59. The van der Waals surface area contributed by atoms with Crippen molar-refractivity contribution in [1.82, 2.24) is 9.97 Å². The number of hydrogen-bond donors (Lipinski definition) is 1. The lowest BCUT2D eigenvalue weighted by molar-refractivity contribution is 0.642. The van der Waals surface area contributed by atoms with Crippen molar-refractivity contribution >= 4 is 0 Å². The van der Waals surface area contributed by atoms with E-state index in [4.69, 9.17) is 5.73 Å². The Morgan fingerprint density at radius 1 is 1.57 bits per heavy atom. The van der Waals surface area contributed by atoms with Gasteiger partial charge in [-0.2, -0.15) is 0 Å². The first kappa shape index (κ1) is 10.7. The summed E-state index contributed by atoms with van der Waals surface area (Å²) < 4.78 is 0. The summed E-state index contributed by atoms with van der Waals surface area (Å²) in [5, 5.41) is 0. The number of aromatic nitrogens is 2. The van der Waals surface area contributed by atoms with E-state index >= 15 is 0 Å². The monoisotopic (exact) mass is 189 g/mol. The Morgan fingerprint density at radius 2 is 2.36 bits per heavy atom. The van der Waals surface area contributed by atoms with E-state index < -0.39 is 0 Å². The van der Waals surface area contributed by atoms with Gasteiger partial charge in [-0.05, 0) is 26.3 Å². The first-order chi connectivity index (χ1) is 6.74. The zero-order valence-corrected chi connectivity index (χ0v) is 8.62. The van der Waals surface area contributed by atoms with Gasteiger partial charge in [-0.3, -0.25) is 0 Å². The summed E-state index contributed by atoms with van der Waals surface area (Å²) in [7, 11) is 0. The maximum Gasteiger partial charge on any atom is 0.125 e. The van der Waals surface area contributed by atoms with Gasteiger partial charge < -0.3 is 5.73 Å². The minimum absolute atomic E-state index is 0.0300. The fraction of sp³-hybridized carbons (Fsp3) is 0.455. The zero-order chi connectivity index (χ0) is 10.4. The van der Waals surface area contributed by atoms with Gasteiger partial charge >= 0.3 is 0 Å². The van der Waals surface area contributed by atoms with E-state index in [9.17, 15) is 0 Å². The molecule has 1 aromatic heterocycles. The molecule has 0 amide bonds. The minimum Gasteiger partial charge on any atom is -0.323 e. The topological polar surface area (TPSA) is 51.8 Å². The normalized spacial score (nSPS) is 11.6. The zero-order valence-electron chi connectivity index (χ0n) is 8.62. The van der Waals surface area contributed by atoms with E-state index in [1.807, 2.05) is 19.9 Å². The van der Waals surface area contributed by atoms with Gasteiger partial charge in [0.1, 0.15) is 5.82 Å². The first-order valence-electron chi connectivity index (χ1n) is 4.68. The van der Waals surface area contributed by atoms with Crippen molar-refractivity contribution in [3.63, 3.8) is 0 Å². The van der Waals surface area contributed by atoms with Crippen LogP contribution in [0.3, 0.4) is 0 Å². The molecule has 0 aliphatic heterocycles. The Labute approximate surface area is 84.8 Å². The second-order valence-corrected chi connectivity index (χ2v) is 3.10. The van der Waals surface area contributed by atoms with Crippen molar-refractivity contribution in [3.05, 3.63) is 23.8 Å². The predicted molar refractivity (Wildman–Crippen MR) is 56.4 cm³/mol. The lowest BCUT2D eigenvalue weighted by Crippen LogP contribution is -2.12. The molecule has 0 bridgehead atoms. The molecular formula is C11H15N3. The number of nitrogens with zero attached hydrogens (tertiary/aromatic N) is 2. The Morgan fingerprint density at radius 3 is 3.00 bits per heavy atom. The molecule has 0 radical (unpaired) electrons. The van der Waals surface area contributed by atoms with Crippen LogP contribution in [0.15, 0.2) is 12.3 Å². The van der Waals surface area contributed by atoms with Crippen molar-refractivity contribution < 1.29 is 0 Å². The molecule has 0 saturated carbocycles. The maximum atomic E-state index is 5.95. The molecule has 2 N–H and O–H groups in total. The highest BCUT2D eigenvalue weighted by Gasteiger charge is 2.06. The van der Waals surface area contributed by atoms with Crippen LogP contribution < -0.4 is 5.73 Å². The molecule has 1 atom stereocenters. The average molecular weight is 189 g/mol. The molecule has 1 unspecified atom stereocenters. The SMILES string of the molecule is CC#CCCC(N)c1ccnc(C)n1. The minimum atomic E-state index is -0.0300. The summed E-state index contributed by atoms with van der Waals surface area (Å²) in [5.41, 5.74) is 6.85. The van der Waals surface area contributed by atoms with Crippen LogP contribution in [0, 0.1) is 18.8 Å². The summed E-state index contributed by atoms with van der Waals surface area (Å²) in [5.74, 6) is 6.60. The molecule has 74 valence electrons. The van der Waals surface area contributed by atoms with E-state index in [1.54, 1.807) is 6.20 Å². The van der Waals surface area contributed by atoms with Crippen LogP contribution in [0.2, 0.25) is 0 Å². The third-order valence-corrected chi connectivity index (χ3v) is 1.93. The van der Waals surface area contributed by atoms with E-state index in [1.165, 1.54) is 0 Å². The molecule has 3 nitrogen and oxygen atoms in total. The molecule has 1 rings (SSSR count). The first-order valence-corrected chi connectivity index (χ1v) is 4.68. The number of hydrogen-bond acceptors (Lipinski definition) is 3. The second kappa shape index (κ2) is 5.36. The van der Waals surface area contributed by atoms with Crippen LogP contribution in [0.5, 0.6) is 0 Å². The fourth-order valence-corrected chi connectivity index (χ4v) is 1.18. The van der Waals surface area contributed by atoms with Gasteiger partial charge in [0, 0.05) is 18.7 Å². The Hall–Kier alpha value is -1.40. The molecule has 0 saturated heterocycles. The molecule has 0 spiro atoms. The van der Waals surface area contributed by atoms with Crippen LogP contribution in [-0.2, 0) is 0 Å². The summed E-state index contributed by atoms with van der Waals surface area (Å²) in [4.78, 5) is 8.29. The molecule has 1 aromatic rings. The van der Waals surface area contributed by atoms with Crippen molar-refractivity contribution in [2.75, 3.05) is 0 Å². The van der Waals surface area contributed by atoms with Crippen LogP contribution >= 0.6 is 0 Å². The quantitative estimate of drug-likeness (QED) is 0.734. The molecular weight excluding hydrogens is 174 g/mol. The average Bonchev–Trinajstić information content (AvgIpc) is 2.18. The van der Waals surface area contributed by atoms with E-state index in [2.05, 4.69) is 21.8 Å². The van der Waals surface area contributed by atoms with Gasteiger partial charge in [0.05, 0.1) is 5.69 Å². The molecule has 0 aliphatic rings. The van der Waals surface area contributed by atoms with Crippen molar-refractivity contribution in [2.45, 2.75) is 32.7 Å². The van der Waals surface area contributed by atoms with Gasteiger partial charge in [0.15, 0.2) is 0 Å². The highest BCUT2D eigenvalue weighted by atomic mass is 14.9. The van der Waals surface area contributed by atoms with E-state index in [-0.39, 0.29) is 6.04 Å². The Kier molecular flexibility index (Phi) is 4.09. The largest absolute Gasteiger partial charge is 0.323 e. The van der Waals surface area contributed by atoms with Gasteiger partial charge in [0.25, 0.3) is 0 Å². The third-order valence-electron chi connectivity index (χ3n) is 1.93. The summed E-state index contributed by atoms with van der Waals surface area (Å²) in [6.07, 6.45) is 3.40. The maximum absolute atomic E-state index is 5.95. The molecule has 0 aromatic carbocycles. The highest BCUT2D eigenvalue weighted by molar-refractivity contribution is 5.07. The van der Waals surface area contributed by atoms with E-state index in [0.29, 0.717) is 0 Å². The van der Waals surface area contributed by atoms with Gasteiger partial charge in [-0.25, -0.2) is 9.97 Å². The standard InChI is InChI=1S/C11H15N3/c1-3-4-5-6-10(12)11-7-8-13-9(2)14-11/h7-8,10H,5-6,12H2,1-2H3. The fourth-order valence-electron chi connectivity index (χ4n) is 1.18. The molecule has 14 heavy (non-hydrogen) atoms. The van der Waals surface area contributed by atoms with Crippen molar-refractivity contribution in [1.29, 1.82) is 0 Å². The van der Waals surface area contributed by atoms with Gasteiger partial charge in [-0.1, -0.05) is 0 Å². The van der Waals surface area contributed by atoms with Gasteiger partial charge in [0.2, 0.25) is 0 Å². The van der Waals surface area contributed by atoms with E-state index in [0.717, 1.165) is 24.4 Å². The number of nitrogens with two attached hydrogens (primary N) is 1. The number of rotatable bonds is 3. The Balaban J connectivity index is 2.58.